The highest BCUT2D eigenvalue weighted by Crippen LogP contribution is 2.26. The third kappa shape index (κ3) is 7.35. The predicted octanol–water partition coefficient (Wildman–Crippen LogP) is 5.40. The third-order valence-electron chi connectivity index (χ3n) is 7.55. The quantitative estimate of drug-likeness (QED) is 0.466. The van der Waals surface area contributed by atoms with Crippen LogP contribution in [-0.2, 0) is 6.54 Å². The number of aromatic amines is 1. The van der Waals surface area contributed by atoms with Gasteiger partial charge in [0.25, 0.3) is 0 Å². The molecule has 7 nitrogen and oxygen atoms in total. The number of rotatable bonds is 8. The van der Waals surface area contributed by atoms with Crippen LogP contribution < -0.4 is 0 Å². The van der Waals surface area contributed by atoms with E-state index in [1.54, 1.807) is 12.1 Å². The van der Waals surface area contributed by atoms with E-state index >= 15 is 0 Å². The van der Waals surface area contributed by atoms with Crippen molar-refractivity contribution in [1.29, 1.82) is 0 Å². The maximum atomic E-state index is 13.6. The minimum absolute atomic E-state index is 0.487. The van der Waals surface area contributed by atoms with E-state index in [1.807, 2.05) is 20.8 Å². The van der Waals surface area contributed by atoms with Crippen molar-refractivity contribution in [2.75, 3.05) is 32.7 Å². The first kappa shape index (κ1) is 29.6. The van der Waals surface area contributed by atoms with E-state index in [2.05, 4.69) is 50.3 Å². The number of H-pyrrole nitrogens is 1. The van der Waals surface area contributed by atoms with Gasteiger partial charge in [-0.2, -0.15) is 5.10 Å². The van der Waals surface area contributed by atoms with Gasteiger partial charge in [-0.3, -0.25) is 14.9 Å². The normalized spacial score (nSPS) is 20.6. The molecule has 9 heteroatoms. The topological polar surface area (TPSA) is 63.6 Å². The number of piperidine rings is 1. The van der Waals surface area contributed by atoms with E-state index in [9.17, 15) is 8.78 Å². The number of hydrogen-bond acceptors (Lipinski definition) is 6. The molecule has 2 aromatic rings. The molecule has 0 spiro atoms. The fraction of sp³-hybridized carbons (Fsp3) is 0.552. The lowest BCUT2D eigenvalue weighted by atomic mass is 9.97. The summed E-state index contributed by atoms with van der Waals surface area (Å²) in [7, 11) is 0. The first-order valence-electron chi connectivity index (χ1n) is 13.8. The zero-order chi connectivity index (χ0) is 27.7. The number of benzene rings is 1. The minimum atomic E-state index is -0.787. The molecule has 208 valence electrons. The fourth-order valence-corrected chi connectivity index (χ4v) is 5.34. The number of aliphatic imine (C=N–C) groups is 1. The van der Waals surface area contributed by atoms with Crippen molar-refractivity contribution in [3.8, 4) is 0 Å². The molecular weight excluding hydrogens is 484 g/mol. The summed E-state index contributed by atoms with van der Waals surface area (Å²) >= 11 is 0. The third-order valence-corrected chi connectivity index (χ3v) is 7.55. The van der Waals surface area contributed by atoms with Gasteiger partial charge < -0.3 is 4.90 Å². The molecule has 0 amide bonds. The molecule has 2 saturated heterocycles. The molecule has 0 saturated carbocycles. The van der Waals surface area contributed by atoms with Crippen molar-refractivity contribution in [1.82, 2.24) is 29.9 Å². The van der Waals surface area contributed by atoms with Crippen LogP contribution >= 0.6 is 0 Å². The van der Waals surface area contributed by atoms with E-state index in [0.717, 1.165) is 63.2 Å². The number of aromatic nitrogens is 3. The minimum Gasteiger partial charge on any atom is -0.371 e. The van der Waals surface area contributed by atoms with E-state index in [0.29, 0.717) is 30.2 Å². The smallest absolute Gasteiger partial charge is 0.174 e. The number of piperazine rings is 1. The van der Waals surface area contributed by atoms with Gasteiger partial charge in [-0.05, 0) is 70.0 Å². The standard InChI is InChI=1S/C27H37F2N7.C2H6/c1-5-22-17-35(20(4)19(3)32-26(6-2)27-30-18-31-33-27)13-14-36(22)23-9-11-34(12-10-23)16-21-7-8-24(28)25(29)15-21;1-2/h6-8,15,18,22-23H,2,5,9-14,16-17H2,1,3-4H3,(H,30,31,33);1-2H3/b20-19+,32-26?;. The van der Waals surface area contributed by atoms with E-state index < -0.39 is 11.6 Å². The number of likely N-dealkylation sites (tertiary alicyclic amines) is 1. The Hall–Kier alpha value is -2.91. The summed E-state index contributed by atoms with van der Waals surface area (Å²) in [4.78, 5) is 16.4. The maximum absolute atomic E-state index is 13.6. The molecule has 0 bridgehead atoms. The number of nitrogens with one attached hydrogen (secondary N) is 1. The summed E-state index contributed by atoms with van der Waals surface area (Å²) < 4.78 is 26.8. The highest BCUT2D eigenvalue weighted by Gasteiger charge is 2.33. The Kier molecular flexibility index (Phi) is 11.2. The van der Waals surface area contributed by atoms with E-state index in [1.165, 1.54) is 24.2 Å². The second kappa shape index (κ2) is 14.3. The van der Waals surface area contributed by atoms with Crippen molar-refractivity contribution in [2.24, 2.45) is 4.99 Å². The Morgan fingerprint density at radius 1 is 1.13 bits per heavy atom. The molecule has 1 aromatic carbocycles. The molecule has 3 heterocycles. The Morgan fingerprint density at radius 2 is 1.87 bits per heavy atom. The molecule has 38 heavy (non-hydrogen) atoms. The first-order valence-corrected chi connectivity index (χ1v) is 13.8. The van der Waals surface area contributed by atoms with Crippen LogP contribution in [0.5, 0.6) is 0 Å². The molecule has 4 rings (SSSR count). The first-order chi connectivity index (χ1) is 18.4. The zero-order valence-electron chi connectivity index (χ0n) is 23.6. The Balaban J connectivity index is 0.00000195. The van der Waals surface area contributed by atoms with Crippen LogP contribution in [0.15, 0.2) is 53.6 Å². The van der Waals surface area contributed by atoms with Crippen LogP contribution in [0, 0.1) is 11.6 Å². The molecule has 1 N–H and O–H groups in total. The molecule has 1 aromatic heterocycles. The molecule has 1 atom stereocenters. The molecule has 2 aliphatic rings. The summed E-state index contributed by atoms with van der Waals surface area (Å²) in [5.74, 6) is -0.940. The zero-order valence-corrected chi connectivity index (χ0v) is 23.6. The summed E-state index contributed by atoms with van der Waals surface area (Å²) in [6.45, 7) is 19.9. The largest absolute Gasteiger partial charge is 0.371 e. The maximum Gasteiger partial charge on any atom is 0.174 e. The van der Waals surface area contributed by atoms with Crippen LogP contribution in [0.3, 0.4) is 0 Å². The summed E-state index contributed by atoms with van der Waals surface area (Å²) in [5.41, 5.74) is 3.64. The second-order valence-electron chi connectivity index (χ2n) is 9.71. The molecular formula is C29H43F2N7. The molecule has 0 radical (unpaired) electrons. The van der Waals surface area contributed by atoms with Gasteiger partial charge in [-0.1, -0.05) is 33.4 Å². The van der Waals surface area contributed by atoms with Gasteiger partial charge >= 0.3 is 0 Å². The van der Waals surface area contributed by atoms with Gasteiger partial charge in [0.15, 0.2) is 17.5 Å². The van der Waals surface area contributed by atoms with Gasteiger partial charge in [-0.15, -0.1) is 0 Å². The number of halogens is 2. The number of nitrogens with zero attached hydrogens (tertiary/aromatic N) is 6. The predicted molar refractivity (Wildman–Crippen MR) is 150 cm³/mol. The lowest BCUT2D eigenvalue weighted by Crippen LogP contribution is -2.57. The monoisotopic (exact) mass is 527 g/mol. The van der Waals surface area contributed by atoms with E-state index in [-0.39, 0.29) is 0 Å². The van der Waals surface area contributed by atoms with E-state index in [4.69, 9.17) is 4.99 Å². The van der Waals surface area contributed by atoms with Gasteiger partial charge in [0.2, 0.25) is 0 Å². The van der Waals surface area contributed by atoms with Gasteiger partial charge in [-0.25, -0.2) is 18.8 Å². The second-order valence-corrected chi connectivity index (χ2v) is 9.71. The van der Waals surface area contributed by atoms with Crippen LogP contribution in [0.2, 0.25) is 0 Å². The van der Waals surface area contributed by atoms with Gasteiger partial charge in [0.1, 0.15) is 12.0 Å². The number of hydrogen-bond donors (Lipinski definition) is 1. The average molecular weight is 528 g/mol. The summed E-state index contributed by atoms with van der Waals surface area (Å²) in [6.07, 6.45) is 6.45. The van der Waals surface area contributed by atoms with Crippen LogP contribution in [0.25, 0.3) is 0 Å². The number of allylic oxidation sites excluding steroid dienone is 3. The molecule has 2 aliphatic heterocycles. The average Bonchev–Trinajstić information content (AvgIpc) is 3.49. The van der Waals surface area contributed by atoms with Crippen molar-refractivity contribution in [3.63, 3.8) is 0 Å². The highest BCUT2D eigenvalue weighted by molar-refractivity contribution is 6.06. The molecule has 1 unspecified atom stereocenters. The highest BCUT2D eigenvalue weighted by atomic mass is 19.2. The summed E-state index contributed by atoms with van der Waals surface area (Å²) in [5, 5.41) is 6.76. The lowest BCUT2D eigenvalue weighted by molar-refractivity contribution is 0.0223. The lowest BCUT2D eigenvalue weighted by Gasteiger charge is -2.48. The Morgan fingerprint density at radius 3 is 2.47 bits per heavy atom. The van der Waals surface area contributed by atoms with Gasteiger partial charge in [0, 0.05) is 44.0 Å². The van der Waals surface area contributed by atoms with Crippen molar-refractivity contribution in [3.05, 3.63) is 71.6 Å². The summed E-state index contributed by atoms with van der Waals surface area (Å²) in [6, 6.07) is 5.27. The Bertz CT molecular complexity index is 1090. The van der Waals surface area contributed by atoms with Crippen molar-refractivity contribution < 1.29 is 8.78 Å². The van der Waals surface area contributed by atoms with Crippen LogP contribution in [0.4, 0.5) is 8.78 Å². The van der Waals surface area contributed by atoms with Crippen molar-refractivity contribution in [2.45, 2.75) is 72.5 Å². The Labute approximate surface area is 226 Å². The van der Waals surface area contributed by atoms with Crippen molar-refractivity contribution >= 4 is 5.71 Å². The van der Waals surface area contributed by atoms with Crippen LogP contribution in [0.1, 0.15) is 65.3 Å². The fourth-order valence-electron chi connectivity index (χ4n) is 5.34. The van der Waals surface area contributed by atoms with Crippen LogP contribution in [-0.4, -0.2) is 80.4 Å². The molecule has 0 aliphatic carbocycles. The van der Waals surface area contributed by atoms with Gasteiger partial charge in [0.05, 0.1) is 5.70 Å². The molecule has 2 fully saturated rings. The SMILES string of the molecule is C=CC(=N/C(C)=C(\C)N1CCN(C2CCN(Cc3ccc(F)c(F)c3)CC2)C(CC)C1)c1ncn[nH]1.CC.